The minimum absolute atomic E-state index is 0.0181. The van der Waals surface area contributed by atoms with Crippen LogP contribution in [0.2, 0.25) is 0 Å². The summed E-state index contributed by atoms with van der Waals surface area (Å²) in [5.74, 6) is -1.16. The maximum Gasteiger partial charge on any atom is 0.201 e. The van der Waals surface area contributed by atoms with E-state index >= 15 is 0 Å². The second-order valence-electron chi connectivity index (χ2n) is 9.09. The summed E-state index contributed by atoms with van der Waals surface area (Å²) in [5, 5.41) is 0. The van der Waals surface area contributed by atoms with Gasteiger partial charge in [0.05, 0.1) is 6.61 Å². The van der Waals surface area contributed by atoms with Crippen molar-refractivity contribution >= 4 is 5.57 Å². The number of benzene rings is 2. The van der Waals surface area contributed by atoms with Crippen LogP contribution >= 0.6 is 0 Å². The van der Waals surface area contributed by atoms with Crippen LogP contribution in [-0.2, 0) is 12.8 Å². The number of hydrogen-bond donors (Lipinski definition) is 0. The Morgan fingerprint density at radius 2 is 1.67 bits per heavy atom. The summed E-state index contributed by atoms with van der Waals surface area (Å²) < 4.78 is 34.6. The van der Waals surface area contributed by atoms with Crippen LogP contribution in [0.15, 0.2) is 54.6 Å². The molecule has 1 nitrogen and oxygen atoms in total. The zero-order valence-corrected chi connectivity index (χ0v) is 20.2. The van der Waals surface area contributed by atoms with E-state index in [-0.39, 0.29) is 5.75 Å². The van der Waals surface area contributed by atoms with Crippen LogP contribution in [0.1, 0.15) is 81.9 Å². The van der Waals surface area contributed by atoms with Crippen LogP contribution in [0.5, 0.6) is 5.75 Å². The summed E-state index contributed by atoms with van der Waals surface area (Å²) in [5.41, 5.74) is 4.07. The van der Waals surface area contributed by atoms with Gasteiger partial charge in [-0.3, -0.25) is 0 Å². The fourth-order valence-electron chi connectivity index (χ4n) is 4.40. The highest BCUT2D eigenvalue weighted by Crippen LogP contribution is 2.34. The fourth-order valence-corrected chi connectivity index (χ4v) is 4.40. The smallest absolute Gasteiger partial charge is 0.201 e. The molecular weight excluding hydrogens is 414 g/mol. The molecule has 33 heavy (non-hydrogen) atoms. The van der Waals surface area contributed by atoms with Gasteiger partial charge in [-0.25, -0.2) is 4.39 Å². The van der Waals surface area contributed by atoms with Crippen molar-refractivity contribution < 1.29 is 13.5 Å². The Balaban J connectivity index is 1.49. The van der Waals surface area contributed by atoms with Crippen LogP contribution in [0.3, 0.4) is 0 Å². The van der Waals surface area contributed by atoms with Crippen molar-refractivity contribution in [1.82, 2.24) is 0 Å². The highest BCUT2D eigenvalue weighted by Gasteiger charge is 2.20. The number of unbranched alkanes of at least 4 members (excludes halogenated alkanes) is 2. The molecule has 2 aromatic rings. The maximum atomic E-state index is 14.7. The van der Waals surface area contributed by atoms with E-state index in [2.05, 4.69) is 56.3 Å². The lowest BCUT2D eigenvalue weighted by Gasteiger charge is -2.20. The lowest BCUT2D eigenvalue weighted by Crippen LogP contribution is -2.06. The Kier molecular flexibility index (Phi) is 10.2. The number of halogens is 2. The van der Waals surface area contributed by atoms with E-state index in [1.54, 1.807) is 12.1 Å². The lowest BCUT2D eigenvalue weighted by atomic mass is 9.86. The van der Waals surface area contributed by atoms with Crippen molar-refractivity contribution in [2.45, 2.75) is 78.1 Å². The van der Waals surface area contributed by atoms with Crippen LogP contribution in [-0.4, -0.2) is 6.61 Å². The summed E-state index contributed by atoms with van der Waals surface area (Å²) in [6.45, 7) is 4.73. The normalized spacial score (nSPS) is 16.2. The summed E-state index contributed by atoms with van der Waals surface area (Å²) in [6.07, 6.45) is 16.6. The third-order valence-corrected chi connectivity index (χ3v) is 6.42. The average molecular weight is 453 g/mol. The summed E-state index contributed by atoms with van der Waals surface area (Å²) in [4.78, 5) is 0. The first-order chi connectivity index (χ1) is 16.1. The van der Waals surface area contributed by atoms with Crippen molar-refractivity contribution in [2.24, 2.45) is 5.92 Å². The molecule has 0 radical (unpaired) electrons. The fraction of sp³-hybridized carbons (Fsp3) is 0.467. The molecule has 0 saturated carbocycles. The topological polar surface area (TPSA) is 9.23 Å². The predicted molar refractivity (Wildman–Crippen MR) is 135 cm³/mol. The highest BCUT2D eigenvalue weighted by molar-refractivity contribution is 5.67. The molecule has 178 valence electrons. The largest absolute Gasteiger partial charge is 0.490 e. The molecule has 0 aromatic heterocycles. The van der Waals surface area contributed by atoms with E-state index in [4.69, 9.17) is 4.74 Å². The van der Waals surface area contributed by atoms with Crippen molar-refractivity contribution in [2.75, 3.05) is 6.61 Å². The molecule has 0 aliphatic heterocycles. The summed E-state index contributed by atoms with van der Waals surface area (Å²) in [6, 6.07) is 12.2. The molecule has 0 fully saturated rings. The third kappa shape index (κ3) is 7.55. The minimum Gasteiger partial charge on any atom is -0.490 e. The van der Waals surface area contributed by atoms with Crippen LogP contribution in [0, 0.1) is 17.6 Å². The Morgan fingerprint density at radius 1 is 0.909 bits per heavy atom. The van der Waals surface area contributed by atoms with Gasteiger partial charge >= 0.3 is 0 Å². The molecule has 1 aliphatic carbocycles. The molecule has 0 amide bonds. The van der Waals surface area contributed by atoms with Gasteiger partial charge in [0.25, 0.3) is 0 Å². The summed E-state index contributed by atoms with van der Waals surface area (Å²) in [7, 11) is 0. The Labute approximate surface area is 198 Å². The zero-order chi connectivity index (χ0) is 23.5. The second-order valence-corrected chi connectivity index (χ2v) is 9.09. The number of aryl methyl sites for hydroxylation is 2. The minimum atomic E-state index is -0.866. The van der Waals surface area contributed by atoms with E-state index in [1.165, 1.54) is 17.5 Å². The van der Waals surface area contributed by atoms with E-state index < -0.39 is 11.6 Å². The van der Waals surface area contributed by atoms with Gasteiger partial charge in [0, 0.05) is 5.56 Å². The van der Waals surface area contributed by atoms with Gasteiger partial charge in [0.15, 0.2) is 11.6 Å². The molecule has 3 rings (SSSR count). The molecule has 0 saturated heterocycles. The predicted octanol–water partition coefficient (Wildman–Crippen LogP) is 8.86. The maximum absolute atomic E-state index is 14.7. The first-order valence-corrected chi connectivity index (χ1v) is 12.7. The first kappa shape index (κ1) is 25.2. The molecule has 2 aromatic carbocycles. The van der Waals surface area contributed by atoms with Crippen molar-refractivity contribution in [1.29, 1.82) is 0 Å². The van der Waals surface area contributed by atoms with Crippen molar-refractivity contribution in [3.8, 4) is 5.75 Å². The van der Waals surface area contributed by atoms with Gasteiger partial charge in [-0.15, -0.1) is 0 Å². The van der Waals surface area contributed by atoms with Crippen molar-refractivity contribution in [3.05, 3.63) is 83.0 Å². The van der Waals surface area contributed by atoms with Crippen LogP contribution in [0.25, 0.3) is 5.57 Å². The van der Waals surface area contributed by atoms with Gasteiger partial charge in [-0.2, -0.15) is 4.39 Å². The molecule has 0 bridgehead atoms. The third-order valence-electron chi connectivity index (χ3n) is 6.42. The average Bonchev–Trinajstić information content (AvgIpc) is 2.84. The van der Waals surface area contributed by atoms with Gasteiger partial charge in [-0.1, -0.05) is 75.6 Å². The van der Waals surface area contributed by atoms with Gasteiger partial charge in [0.2, 0.25) is 5.82 Å². The standard InChI is InChI=1S/C30H38F2O/c1-3-5-8-22-33-28-21-20-27(29(31)30(28)32)26-18-16-25(17-19-26)11-7-6-10-24-14-12-23(9-4-2)13-15-24/h7,11-15,18,20-21,25H,3-6,8-10,16-17,19,22H2,1-2H3. The first-order valence-electron chi connectivity index (χ1n) is 12.7. The quantitative estimate of drug-likeness (QED) is 0.231. The molecule has 0 heterocycles. The molecule has 1 aliphatic rings. The SMILES string of the molecule is CCCCCOc1ccc(C2=CCC(C=CCCc3ccc(CCC)cc3)CC2)c(F)c1F. The van der Waals surface area contributed by atoms with Crippen LogP contribution in [0.4, 0.5) is 8.78 Å². The molecule has 0 N–H and O–H groups in total. The van der Waals surface area contributed by atoms with Gasteiger partial charge in [-0.05, 0) is 79.7 Å². The number of hydrogen-bond acceptors (Lipinski definition) is 1. The second kappa shape index (κ2) is 13.3. The zero-order valence-electron chi connectivity index (χ0n) is 20.2. The molecule has 0 spiro atoms. The molecule has 1 atom stereocenters. The lowest BCUT2D eigenvalue weighted by molar-refractivity contribution is 0.286. The molecule has 3 heteroatoms. The monoisotopic (exact) mass is 452 g/mol. The van der Waals surface area contributed by atoms with Crippen molar-refractivity contribution in [3.63, 3.8) is 0 Å². The number of allylic oxidation sites excluding steroid dienone is 4. The Hall–Kier alpha value is -2.42. The number of ether oxygens (including phenoxy) is 1. The van der Waals surface area contributed by atoms with Crippen LogP contribution < -0.4 is 4.74 Å². The van der Waals surface area contributed by atoms with Gasteiger partial charge < -0.3 is 4.74 Å². The Bertz CT molecular complexity index is 927. The number of rotatable bonds is 12. The van der Waals surface area contributed by atoms with E-state index in [9.17, 15) is 8.78 Å². The molecular formula is C30H38F2O. The highest BCUT2D eigenvalue weighted by atomic mass is 19.2. The van der Waals surface area contributed by atoms with E-state index in [0.717, 1.165) is 63.4 Å². The molecule has 1 unspecified atom stereocenters. The van der Waals surface area contributed by atoms with E-state index in [1.807, 2.05) is 0 Å². The Morgan fingerprint density at radius 3 is 2.33 bits per heavy atom. The summed E-state index contributed by atoms with van der Waals surface area (Å²) >= 11 is 0. The van der Waals surface area contributed by atoms with E-state index in [0.29, 0.717) is 18.1 Å². The van der Waals surface area contributed by atoms with Gasteiger partial charge in [0.1, 0.15) is 0 Å².